The van der Waals surface area contributed by atoms with Crippen LogP contribution in [0.4, 0.5) is 4.39 Å². The first-order valence-electron chi connectivity index (χ1n) is 12.5. The van der Waals surface area contributed by atoms with Crippen molar-refractivity contribution in [1.29, 1.82) is 0 Å². The Balaban J connectivity index is 2.01. The molecule has 1 aliphatic heterocycles. The Morgan fingerprint density at radius 1 is 1.28 bits per heavy atom. The SMILES string of the molecule is C=C(F)/C=C\C(C)CN(CCCC)Cc1cc(C(=C)CCC2CCN(C)CC2)ccc1C. The molecule has 0 spiro atoms. The van der Waals surface area contributed by atoms with Crippen molar-refractivity contribution in [2.24, 2.45) is 11.8 Å². The molecule has 0 aliphatic carbocycles. The van der Waals surface area contributed by atoms with Crippen molar-refractivity contribution < 1.29 is 4.39 Å². The summed E-state index contributed by atoms with van der Waals surface area (Å²) in [6.45, 7) is 19.7. The Bertz CT molecular complexity index is 758. The molecular formula is C29H45FN2. The van der Waals surface area contributed by atoms with Gasteiger partial charge in [-0.1, -0.05) is 51.6 Å². The summed E-state index contributed by atoms with van der Waals surface area (Å²) in [7, 11) is 2.22. The highest BCUT2D eigenvalue weighted by atomic mass is 19.1. The Hall–Kier alpha value is -1.71. The van der Waals surface area contributed by atoms with Crippen molar-refractivity contribution >= 4 is 5.57 Å². The van der Waals surface area contributed by atoms with Gasteiger partial charge in [-0.15, -0.1) is 0 Å². The second-order valence-electron chi connectivity index (χ2n) is 9.90. The normalized spacial score (nSPS) is 16.7. The van der Waals surface area contributed by atoms with E-state index in [2.05, 4.69) is 69.0 Å². The van der Waals surface area contributed by atoms with Crippen molar-refractivity contribution in [2.45, 2.75) is 65.8 Å². The number of allylic oxidation sites excluding steroid dienone is 3. The van der Waals surface area contributed by atoms with Gasteiger partial charge in [0.15, 0.2) is 0 Å². The molecule has 2 rings (SSSR count). The van der Waals surface area contributed by atoms with E-state index < -0.39 is 0 Å². The molecule has 0 saturated carbocycles. The quantitative estimate of drug-likeness (QED) is 0.295. The van der Waals surface area contributed by atoms with Gasteiger partial charge in [0.25, 0.3) is 0 Å². The summed E-state index contributed by atoms with van der Waals surface area (Å²) >= 11 is 0. The van der Waals surface area contributed by atoms with E-state index in [1.165, 1.54) is 73.5 Å². The number of hydrogen-bond acceptors (Lipinski definition) is 2. The lowest BCUT2D eigenvalue weighted by molar-refractivity contribution is 0.213. The van der Waals surface area contributed by atoms with Crippen LogP contribution >= 0.6 is 0 Å². The second-order valence-corrected chi connectivity index (χ2v) is 9.90. The minimum absolute atomic E-state index is 0.285. The van der Waals surface area contributed by atoms with Gasteiger partial charge in [-0.25, -0.2) is 4.39 Å². The van der Waals surface area contributed by atoms with Crippen LogP contribution in [0.1, 0.15) is 69.1 Å². The first kappa shape index (κ1) is 26.5. The van der Waals surface area contributed by atoms with E-state index in [9.17, 15) is 4.39 Å². The first-order chi connectivity index (χ1) is 15.3. The van der Waals surface area contributed by atoms with E-state index in [4.69, 9.17) is 0 Å². The average Bonchev–Trinajstić information content (AvgIpc) is 2.76. The maximum atomic E-state index is 13.0. The molecule has 1 aromatic carbocycles. The van der Waals surface area contributed by atoms with E-state index in [1.807, 2.05) is 6.08 Å². The van der Waals surface area contributed by atoms with E-state index in [-0.39, 0.29) is 11.7 Å². The standard InChI is InChI=1S/C29H45FN2/c1-7-8-17-32(21-23(2)9-12-26(5)30)22-29-20-28(14-11-25(29)4)24(3)10-13-27-15-18-31(6)19-16-27/h9,11-12,14,20,23,27H,3,5,7-8,10,13,15-19,21-22H2,1-2,4,6H3/b12-9-. The first-order valence-corrected chi connectivity index (χ1v) is 12.5. The van der Waals surface area contributed by atoms with Gasteiger partial charge in [-0.3, -0.25) is 4.90 Å². The number of nitrogens with zero attached hydrogens (tertiary/aromatic N) is 2. The van der Waals surface area contributed by atoms with Crippen molar-refractivity contribution in [3.8, 4) is 0 Å². The Morgan fingerprint density at radius 3 is 2.66 bits per heavy atom. The van der Waals surface area contributed by atoms with Crippen molar-refractivity contribution in [1.82, 2.24) is 9.80 Å². The summed E-state index contributed by atoms with van der Waals surface area (Å²) in [6, 6.07) is 6.85. The Kier molecular flexibility index (Phi) is 11.4. The smallest absolute Gasteiger partial charge is 0.115 e. The monoisotopic (exact) mass is 440 g/mol. The summed E-state index contributed by atoms with van der Waals surface area (Å²) in [5, 5.41) is 0. The predicted molar refractivity (Wildman–Crippen MR) is 138 cm³/mol. The van der Waals surface area contributed by atoms with Gasteiger partial charge in [0.1, 0.15) is 5.83 Å². The number of benzene rings is 1. The zero-order valence-corrected chi connectivity index (χ0v) is 21.0. The van der Waals surface area contributed by atoms with Crippen LogP contribution in [0.15, 0.2) is 49.3 Å². The number of likely N-dealkylation sites (tertiary alicyclic amines) is 1. The van der Waals surface area contributed by atoms with Gasteiger partial charge in [-0.2, -0.15) is 0 Å². The molecule has 0 radical (unpaired) electrons. The number of rotatable bonds is 13. The summed E-state index contributed by atoms with van der Waals surface area (Å²) in [4.78, 5) is 4.94. The minimum Gasteiger partial charge on any atom is -0.306 e. The Labute approximate surface area is 196 Å². The van der Waals surface area contributed by atoms with Crippen LogP contribution in [0.3, 0.4) is 0 Å². The molecule has 32 heavy (non-hydrogen) atoms. The third kappa shape index (κ3) is 9.42. The molecule has 1 saturated heterocycles. The molecule has 1 heterocycles. The fourth-order valence-electron chi connectivity index (χ4n) is 4.53. The number of unbranched alkanes of at least 4 members (excludes halogenated alkanes) is 1. The van der Waals surface area contributed by atoms with Crippen molar-refractivity contribution in [2.75, 3.05) is 33.2 Å². The van der Waals surface area contributed by atoms with E-state index in [0.717, 1.165) is 32.0 Å². The number of hydrogen-bond donors (Lipinski definition) is 0. The Morgan fingerprint density at radius 2 is 2.00 bits per heavy atom. The van der Waals surface area contributed by atoms with Gasteiger partial charge in [-0.05, 0) is 112 Å². The molecule has 0 aromatic heterocycles. The summed E-state index contributed by atoms with van der Waals surface area (Å²) < 4.78 is 13.0. The molecule has 178 valence electrons. The fourth-order valence-corrected chi connectivity index (χ4v) is 4.53. The number of piperidine rings is 1. The minimum atomic E-state index is -0.376. The second kappa shape index (κ2) is 13.7. The van der Waals surface area contributed by atoms with Gasteiger partial charge in [0, 0.05) is 13.1 Å². The lowest BCUT2D eigenvalue weighted by Crippen LogP contribution is -2.30. The molecule has 1 aliphatic rings. The van der Waals surface area contributed by atoms with Crippen molar-refractivity contribution in [3.63, 3.8) is 0 Å². The zero-order valence-electron chi connectivity index (χ0n) is 21.0. The van der Waals surface area contributed by atoms with Crippen LogP contribution in [-0.4, -0.2) is 43.0 Å². The largest absolute Gasteiger partial charge is 0.306 e. The van der Waals surface area contributed by atoms with Gasteiger partial charge < -0.3 is 4.90 Å². The van der Waals surface area contributed by atoms with E-state index in [0.29, 0.717) is 0 Å². The lowest BCUT2D eigenvalue weighted by Gasteiger charge is -2.29. The topological polar surface area (TPSA) is 6.48 Å². The summed E-state index contributed by atoms with van der Waals surface area (Å²) in [5.74, 6) is 0.749. The van der Waals surface area contributed by atoms with E-state index in [1.54, 1.807) is 0 Å². The summed E-state index contributed by atoms with van der Waals surface area (Å²) in [5.41, 5.74) is 5.27. The third-order valence-electron chi connectivity index (χ3n) is 6.82. The fraction of sp³-hybridized carbons (Fsp3) is 0.586. The van der Waals surface area contributed by atoms with Crippen LogP contribution < -0.4 is 0 Å². The highest BCUT2D eigenvalue weighted by Crippen LogP contribution is 2.28. The molecular weight excluding hydrogens is 395 g/mol. The number of halogens is 1. The maximum absolute atomic E-state index is 13.0. The van der Waals surface area contributed by atoms with Crippen LogP contribution in [0.25, 0.3) is 5.57 Å². The molecule has 1 fully saturated rings. The average molecular weight is 441 g/mol. The molecule has 1 aromatic rings. The molecule has 3 heteroatoms. The third-order valence-corrected chi connectivity index (χ3v) is 6.82. The van der Waals surface area contributed by atoms with E-state index >= 15 is 0 Å². The maximum Gasteiger partial charge on any atom is 0.115 e. The molecule has 1 atom stereocenters. The van der Waals surface area contributed by atoms with Crippen LogP contribution in [-0.2, 0) is 6.54 Å². The lowest BCUT2D eigenvalue weighted by atomic mass is 9.89. The zero-order chi connectivity index (χ0) is 23.5. The van der Waals surface area contributed by atoms with Gasteiger partial charge in [0.2, 0.25) is 0 Å². The molecule has 1 unspecified atom stereocenters. The van der Waals surface area contributed by atoms with Crippen LogP contribution in [0, 0.1) is 18.8 Å². The molecule has 2 nitrogen and oxygen atoms in total. The molecule has 0 amide bonds. The van der Waals surface area contributed by atoms with Crippen LogP contribution in [0.2, 0.25) is 0 Å². The molecule has 0 bridgehead atoms. The predicted octanol–water partition coefficient (Wildman–Crippen LogP) is 7.41. The van der Waals surface area contributed by atoms with Crippen molar-refractivity contribution in [3.05, 3.63) is 66.0 Å². The summed E-state index contributed by atoms with van der Waals surface area (Å²) in [6.07, 6.45) is 10.7. The van der Waals surface area contributed by atoms with Gasteiger partial charge >= 0.3 is 0 Å². The van der Waals surface area contributed by atoms with Crippen LogP contribution in [0.5, 0.6) is 0 Å². The highest BCUT2D eigenvalue weighted by Gasteiger charge is 2.17. The number of aryl methyl sites for hydroxylation is 1. The molecule has 0 N–H and O–H groups in total. The highest BCUT2D eigenvalue weighted by molar-refractivity contribution is 5.64. The van der Waals surface area contributed by atoms with Gasteiger partial charge in [0.05, 0.1) is 0 Å².